The molecule has 1 heterocycles. The molecular formula is C11H14BrClN2O3S. The molecule has 0 aromatic carbocycles. The van der Waals surface area contributed by atoms with Gasteiger partial charge in [-0.3, -0.25) is 0 Å². The van der Waals surface area contributed by atoms with Crippen molar-refractivity contribution in [3.8, 4) is 0 Å². The molecule has 0 unspecified atom stereocenters. The molecule has 5 nitrogen and oxygen atoms in total. The zero-order valence-electron chi connectivity index (χ0n) is 10.3. The highest BCUT2D eigenvalue weighted by atomic mass is 79.9. The Hall–Kier alpha value is -0.210. The average molecular weight is 370 g/mol. The summed E-state index contributed by atoms with van der Waals surface area (Å²) in [5.41, 5.74) is 0. The van der Waals surface area contributed by atoms with Crippen molar-refractivity contribution >= 4 is 37.6 Å². The zero-order chi connectivity index (χ0) is 14.0. The lowest BCUT2D eigenvalue weighted by Gasteiger charge is -2.21. The van der Waals surface area contributed by atoms with Crippen LogP contribution in [0, 0.1) is 0 Å². The first-order valence-electron chi connectivity index (χ1n) is 5.78. The molecule has 0 spiro atoms. The Labute approximate surface area is 126 Å². The fourth-order valence-corrected chi connectivity index (χ4v) is 4.35. The van der Waals surface area contributed by atoms with Crippen LogP contribution in [0.2, 0.25) is 5.15 Å². The average Bonchev–Trinajstić information content (AvgIpc) is 3.17. The second-order valence-electron chi connectivity index (χ2n) is 4.28. The number of hydrogen-bond acceptors (Lipinski definition) is 4. The van der Waals surface area contributed by atoms with Gasteiger partial charge in [0.1, 0.15) is 10.0 Å². The van der Waals surface area contributed by atoms with Gasteiger partial charge in [0.2, 0.25) is 10.0 Å². The summed E-state index contributed by atoms with van der Waals surface area (Å²) < 4.78 is 32.2. The molecule has 0 aliphatic heterocycles. The van der Waals surface area contributed by atoms with Crippen LogP contribution in [0.1, 0.15) is 12.8 Å². The van der Waals surface area contributed by atoms with Crippen molar-refractivity contribution in [2.24, 2.45) is 0 Å². The van der Waals surface area contributed by atoms with E-state index in [9.17, 15) is 8.42 Å². The zero-order valence-corrected chi connectivity index (χ0v) is 13.5. The molecule has 1 saturated carbocycles. The Bertz CT molecular complexity index is 563. The highest BCUT2D eigenvalue weighted by molar-refractivity contribution is 9.10. The highest BCUT2D eigenvalue weighted by Gasteiger charge is 2.38. The van der Waals surface area contributed by atoms with Crippen LogP contribution in [0.25, 0.3) is 0 Å². The summed E-state index contributed by atoms with van der Waals surface area (Å²) in [5, 5.41) is -0.00809. The van der Waals surface area contributed by atoms with E-state index in [-0.39, 0.29) is 16.1 Å². The van der Waals surface area contributed by atoms with Crippen molar-refractivity contribution in [1.82, 2.24) is 9.29 Å². The summed E-state index contributed by atoms with van der Waals surface area (Å²) in [4.78, 5) is 3.90. The topological polar surface area (TPSA) is 59.5 Å². The van der Waals surface area contributed by atoms with E-state index in [2.05, 4.69) is 20.9 Å². The van der Waals surface area contributed by atoms with Crippen LogP contribution in [0.3, 0.4) is 0 Å². The number of halogens is 2. The smallest absolute Gasteiger partial charge is 0.246 e. The number of ether oxygens (including phenoxy) is 1. The van der Waals surface area contributed by atoms with Crippen LogP contribution in [-0.2, 0) is 14.8 Å². The van der Waals surface area contributed by atoms with Gasteiger partial charge in [0.05, 0.1) is 6.61 Å². The maximum atomic E-state index is 12.6. The number of rotatable bonds is 6. The number of nitrogens with zero attached hydrogens (tertiary/aromatic N) is 2. The van der Waals surface area contributed by atoms with Gasteiger partial charge in [-0.1, -0.05) is 11.6 Å². The van der Waals surface area contributed by atoms with Crippen molar-refractivity contribution in [2.75, 3.05) is 20.3 Å². The molecule has 2 rings (SSSR count). The van der Waals surface area contributed by atoms with Crippen LogP contribution in [-0.4, -0.2) is 44.0 Å². The van der Waals surface area contributed by atoms with Gasteiger partial charge in [-0.05, 0) is 34.8 Å². The van der Waals surface area contributed by atoms with E-state index in [0.717, 1.165) is 12.8 Å². The van der Waals surface area contributed by atoms with Gasteiger partial charge >= 0.3 is 0 Å². The third kappa shape index (κ3) is 3.46. The monoisotopic (exact) mass is 368 g/mol. The standard InChI is InChI=1S/C11H14BrClN2O3S/c1-18-5-4-15(9-2-3-9)19(16,17)10-6-8(12)7-14-11(10)13/h6-7,9H,2-5H2,1H3. The maximum Gasteiger partial charge on any atom is 0.246 e. The Kier molecular flexibility index (Phi) is 4.84. The first-order valence-corrected chi connectivity index (χ1v) is 8.39. The molecule has 106 valence electrons. The van der Waals surface area contributed by atoms with Gasteiger partial charge in [-0.2, -0.15) is 4.31 Å². The molecule has 0 radical (unpaired) electrons. The van der Waals surface area contributed by atoms with Crippen molar-refractivity contribution < 1.29 is 13.2 Å². The molecule has 0 amide bonds. The van der Waals surface area contributed by atoms with Crippen molar-refractivity contribution in [2.45, 2.75) is 23.8 Å². The highest BCUT2D eigenvalue weighted by Crippen LogP contribution is 2.34. The molecule has 1 aromatic heterocycles. The Morgan fingerprint density at radius 3 is 2.84 bits per heavy atom. The van der Waals surface area contributed by atoms with E-state index in [0.29, 0.717) is 17.6 Å². The number of aromatic nitrogens is 1. The van der Waals surface area contributed by atoms with E-state index in [1.54, 1.807) is 7.11 Å². The van der Waals surface area contributed by atoms with E-state index in [4.69, 9.17) is 16.3 Å². The number of pyridine rings is 1. The van der Waals surface area contributed by atoms with Crippen LogP contribution in [0.4, 0.5) is 0 Å². The molecule has 0 saturated heterocycles. The van der Waals surface area contributed by atoms with E-state index < -0.39 is 10.0 Å². The quantitative estimate of drug-likeness (QED) is 0.722. The predicted octanol–water partition coefficient (Wildman–Crippen LogP) is 2.30. The summed E-state index contributed by atoms with van der Waals surface area (Å²) >= 11 is 9.13. The third-order valence-corrected chi connectivity index (χ3v) is 5.64. The molecule has 0 atom stereocenters. The minimum Gasteiger partial charge on any atom is -0.383 e. The summed E-state index contributed by atoms with van der Waals surface area (Å²) in [6, 6.07) is 1.53. The van der Waals surface area contributed by atoms with Gasteiger partial charge in [0, 0.05) is 30.4 Å². The lowest BCUT2D eigenvalue weighted by molar-refractivity contribution is 0.177. The second kappa shape index (κ2) is 6.05. The lowest BCUT2D eigenvalue weighted by Crippen LogP contribution is -2.36. The number of methoxy groups -OCH3 is 1. The minimum atomic E-state index is -3.63. The van der Waals surface area contributed by atoms with E-state index in [1.165, 1.54) is 16.6 Å². The fourth-order valence-electron chi connectivity index (χ4n) is 1.75. The van der Waals surface area contributed by atoms with Crippen LogP contribution in [0.5, 0.6) is 0 Å². The van der Waals surface area contributed by atoms with Crippen LogP contribution in [0.15, 0.2) is 21.6 Å². The van der Waals surface area contributed by atoms with Gasteiger partial charge < -0.3 is 4.74 Å². The largest absolute Gasteiger partial charge is 0.383 e. The van der Waals surface area contributed by atoms with Crippen molar-refractivity contribution in [3.63, 3.8) is 0 Å². The van der Waals surface area contributed by atoms with E-state index in [1.807, 2.05) is 0 Å². The van der Waals surface area contributed by atoms with E-state index >= 15 is 0 Å². The first kappa shape index (κ1) is 15.2. The molecule has 0 N–H and O–H groups in total. The van der Waals surface area contributed by atoms with Crippen LogP contribution >= 0.6 is 27.5 Å². The number of sulfonamides is 1. The second-order valence-corrected chi connectivity index (χ2v) is 7.41. The molecule has 1 aliphatic rings. The molecule has 19 heavy (non-hydrogen) atoms. The normalized spacial score (nSPS) is 16.0. The SMILES string of the molecule is COCCN(C1CC1)S(=O)(=O)c1cc(Br)cnc1Cl. The summed E-state index contributed by atoms with van der Waals surface area (Å²) in [6.07, 6.45) is 3.22. The maximum absolute atomic E-state index is 12.6. The third-order valence-electron chi connectivity index (χ3n) is 2.83. The van der Waals surface area contributed by atoms with Gasteiger partial charge in [-0.25, -0.2) is 13.4 Å². The van der Waals surface area contributed by atoms with Crippen LogP contribution < -0.4 is 0 Å². The van der Waals surface area contributed by atoms with Crippen molar-refractivity contribution in [1.29, 1.82) is 0 Å². The predicted molar refractivity (Wildman–Crippen MR) is 75.7 cm³/mol. The summed E-state index contributed by atoms with van der Waals surface area (Å²) in [5.74, 6) is 0. The number of hydrogen-bond donors (Lipinski definition) is 0. The first-order chi connectivity index (χ1) is 8.96. The summed E-state index contributed by atoms with van der Waals surface area (Å²) in [7, 11) is -2.09. The van der Waals surface area contributed by atoms with Gasteiger partial charge in [0.25, 0.3) is 0 Å². The Morgan fingerprint density at radius 1 is 1.58 bits per heavy atom. The Morgan fingerprint density at radius 2 is 2.26 bits per heavy atom. The molecule has 0 bridgehead atoms. The molecule has 8 heteroatoms. The molecule has 1 fully saturated rings. The lowest BCUT2D eigenvalue weighted by atomic mass is 10.5. The molecular weight excluding hydrogens is 356 g/mol. The van der Waals surface area contributed by atoms with Crippen molar-refractivity contribution in [3.05, 3.63) is 21.9 Å². The van der Waals surface area contributed by atoms with Gasteiger partial charge in [-0.15, -0.1) is 0 Å². The minimum absolute atomic E-state index is 0.00809. The molecule has 1 aliphatic carbocycles. The van der Waals surface area contributed by atoms with Gasteiger partial charge in [0.15, 0.2) is 0 Å². The fraction of sp³-hybridized carbons (Fsp3) is 0.545. The Balaban J connectivity index is 2.35. The molecule has 1 aromatic rings. The summed E-state index contributed by atoms with van der Waals surface area (Å²) in [6.45, 7) is 0.682.